The van der Waals surface area contributed by atoms with Gasteiger partial charge in [-0.15, -0.1) is 0 Å². The summed E-state index contributed by atoms with van der Waals surface area (Å²) in [5.74, 6) is 0.0318. The molecule has 1 saturated carbocycles. The van der Waals surface area contributed by atoms with Crippen LogP contribution in [-0.4, -0.2) is 59.3 Å². The first-order valence-electron chi connectivity index (χ1n) is 8.72. The van der Waals surface area contributed by atoms with Gasteiger partial charge in [-0.1, -0.05) is 0 Å². The second-order valence-electron chi connectivity index (χ2n) is 6.55. The van der Waals surface area contributed by atoms with Gasteiger partial charge < -0.3 is 20.2 Å². The molecule has 0 radical (unpaired) electrons. The van der Waals surface area contributed by atoms with Crippen molar-refractivity contribution in [2.24, 2.45) is 0 Å². The van der Waals surface area contributed by atoms with Crippen molar-refractivity contribution in [1.29, 1.82) is 0 Å². The molecule has 2 fully saturated rings. The van der Waals surface area contributed by atoms with Crippen LogP contribution in [0.25, 0.3) is 0 Å². The summed E-state index contributed by atoms with van der Waals surface area (Å²) >= 11 is 0. The van der Waals surface area contributed by atoms with E-state index in [0.29, 0.717) is 37.9 Å². The van der Waals surface area contributed by atoms with E-state index >= 15 is 0 Å². The normalized spacial score (nSPS) is 20.2. The third kappa shape index (κ3) is 4.14. The van der Waals surface area contributed by atoms with E-state index in [2.05, 4.69) is 10.3 Å². The largest absolute Gasteiger partial charge is 0.396 e. The number of unbranched alkanes of at least 4 members (excludes halogenated alkanes) is 1. The summed E-state index contributed by atoms with van der Waals surface area (Å²) in [6.07, 6.45) is 6.02. The van der Waals surface area contributed by atoms with Crippen molar-refractivity contribution in [3.05, 3.63) is 24.1 Å². The van der Waals surface area contributed by atoms with Gasteiger partial charge in [0.1, 0.15) is 0 Å². The molecule has 2 aliphatic rings. The molecule has 0 aromatic carbocycles. The molecule has 1 saturated heterocycles. The first kappa shape index (κ1) is 17.0. The summed E-state index contributed by atoms with van der Waals surface area (Å²) in [6, 6.07) is 3.30. The highest BCUT2D eigenvalue weighted by Crippen LogP contribution is 2.27. The Morgan fingerprint density at radius 3 is 2.96 bits per heavy atom. The van der Waals surface area contributed by atoms with Gasteiger partial charge in [-0.05, 0) is 44.2 Å². The molecule has 1 aliphatic heterocycles. The zero-order chi connectivity index (χ0) is 16.9. The number of anilines is 1. The fourth-order valence-corrected chi connectivity index (χ4v) is 3.17. The number of hydrogen-bond acceptors (Lipinski definition) is 4. The Labute approximate surface area is 141 Å². The number of nitrogens with one attached hydrogen (secondary N) is 1. The summed E-state index contributed by atoms with van der Waals surface area (Å²) in [7, 11) is 0. The van der Waals surface area contributed by atoms with Crippen LogP contribution in [0.5, 0.6) is 0 Å². The van der Waals surface area contributed by atoms with Crippen molar-refractivity contribution < 1.29 is 14.3 Å². The third-order valence-corrected chi connectivity index (χ3v) is 4.61. The predicted molar refractivity (Wildman–Crippen MR) is 89.4 cm³/mol. The fourth-order valence-electron chi connectivity index (χ4n) is 3.17. The van der Waals surface area contributed by atoms with Crippen LogP contribution in [-0.2, 0) is 0 Å². The van der Waals surface area contributed by atoms with E-state index in [1.165, 1.54) is 6.07 Å². The maximum Gasteiger partial charge on any atom is 0.317 e. The standard InChI is InChI=1S/C17H25FN4O2/c18-15-4-3-8-19-16(15)21-10-7-13(12-21)20-17(24)22(14-5-6-14)9-1-2-11-23/h3-4,8,13-14,23H,1-2,5-7,9-12H2,(H,20,24). The maximum atomic E-state index is 13.8. The van der Waals surface area contributed by atoms with E-state index in [0.717, 1.165) is 25.7 Å². The number of carbonyl (C=O) groups is 1. The molecule has 0 bridgehead atoms. The molecule has 7 heteroatoms. The van der Waals surface area contributed by atoms with Crippen LogP contribution in [0.1, 0.15) is 32.1 Å². The van der Waals surface area contributed by atoms with Gasteiger partial charge in [-0.3, -0.25) is 0 Å². The van der Waals surface area contributed by atoms with Crippen LogP contribution in [0.2, 0.25) is 0 Å². The molecule has 1 unspecified atom stereocenters. The average Bonchev–Trinajstić information content (AvgIpc) is 3.31. The molecule has 2 N–H and O–H groups in total. The van der Waals surface area contributed by atoms with Crippen LogP contribution in [0.15, 0.2) is 18.3 Å². The number of hydrogen-bond donors (Lipinski definition) is 2. The molecular weight excluding hydrogens is 311 g/mol. The lowest BCUT2D eigenvalue weighted by Crippen LogP contribution is -2.47. The summed E-state index contributed by atoms with van der Waals surface area (Å²) < 4.78 is 13.8. The quantitative estimate of drug-likeness (QED) is 0.744. The second-order valence-corrected chi connectivity index (χ2v) is 6.55. The molecule has 24 heavy (non-hydrogen) atoms. The topological polar surface area (TPSA) is 68.7 Å². The van der Waals surface area contributed by atoms with Crippen molar-refractivity contribution >= 4 is 11.8 Å². The molecule has 2 heterocycles. The zero-order valence-corrected chi connectivity index (χ0v) is 13.8. The maximum absolute atomic E-state index is 13.8. The summed E-state index contributed by atoms with van der Waals surface area (Å²) in [5.41, 5.74) is 0. The summed E-state index contributed by atoms with van der Waals surface area (Å²) in [6.45, 7) is 2.11. The summed E-state index contributed by atoms with van der Waals surface area (Å²) in [4.78, 5) is 20.4. The van der Waals surface area contributed by atoms with E-state index in [1.54, 1.807) is 12.3 Å². The van der Waals surface area contributed by atoms with Crippen LogP contribution in [0, 0.1) is 5.82 Å². The average molecular weight is 336 g/mol. The van der Waals surface area contributed by atoms with E-state index in [-0.39, 0.29) is 24.5 Å². The van der Waals surface area contributed by atoms with Crippen molar-refractivity contribution in [1.82, 2.24) is 15.2 Å². The lowest BCUT2D eigenvalue weighted by Gasteiger charge is -2.25. The lowest BCUT2D eigenvalue weighted by atomic mass is 10.2. The minimum Gasteiger partial charge on any atom is -0.396 e. The van der Waals surface area contributed by atoms with Crippen LogP contribution >= 0.6 is 0 Å². The molecular formula is C17H25FN4O2. The minimum atomic E-state index is -0.326. The Hall–Kier alpha value is -1.89. The fraction of sp³-hybridized carbons (Fsp3) is 0.647. The van der Waals surface area contributed by atoms with Gasteiger partial charge in [-0.25, -0.2) is 14.2 Å². The number of halogens is 1. The van der Waals surface area contributed by atoms with Crippen molar-refractivity contribution in [3.63, 3.8) is 0 Å². The Kier molecular flexibility index (Phi) is 5.50. The van der Waals surface area contributed by atoms with E-state index in [4.69, 9.17) is 5.11 Å². The minimum absolute atomic E-state index is 0.0120. The van der Waals surface area contributed by atoms with Crippen LogP contribution in [0.4, 0.5) is 15.0 Å². The van der Waals surface area contributed by atoms with Crippen LogP contribution in [0.3, 0.4) is 0 Å². The van der Waals surface area contributed by atoms with Gasteiger partial charge in [-0.2, -0.15) is 0 Å². The third-order valence-electron chi connectivity index (χ3n) is 4.61. The first-order valence-corrected chi connectivity index (χ1v) is 8.72. The molecule has 1 atom stereocenters. The van der Waals surface area contributed by atoms with Gasteiger partial charge in [0.2, 0.25) is 0 Å². The molecule has 1 aromatic heterocycles. The molecule has 2 amide bonds. The Balaban J connectivity index is 1.52. The lowest BCUT2D eigenvalue weighted by molar-refractivity contribution is 0.187. The number of pyridine rings is 1. The van der Waals surface area contributed by atoms with Gasteiger partial charge in [0, 0.05) is 44.5 Å². The smallest absolute Gasteiger partial charge is 0.317 e. The van der Waals surface area contributed by atoms with Crippen molar-refractivity contribution in [2.45, 2.75) is 44.2 Å². The number of carbonyl (C=O) groups excluding carboxylic acids is 1. The molecule has 1 aliphatic carbocycles. The SMILES string of the molecule is O=C(NC1CCN(c2ncccc2F)C1)N(CCCCO)C1CC1. The number of rotatable bonds is 7. The number of amides is 2. The number of nitrogens with zero attached hydrogens (tertiary/aromatic N) is 3. The Bertz CT molecular complexity index is 567. The number of aliphatic hydroxyl groups is 1. The first-order chi connectivity index (χ1) is 11.7. The summed E-state index contributed by atoms with van der Waals surface area (Å²) in [5, 5.41) is 12.0. The Morgan fingerprint density at radius 2 is 2.25 bits per heavy atom. The Morgan fingerprint density at radius 1 is 1.42 bits per heavy atom. The molecule has 3 rings (SSSR count). The van der Waals surface area contributed by atoms with E-state index in [9.17, 15) is 9.18 Å². The number of aromatic nitrogens is 1. The highest BCUT2D eigenvalue weighted by molar-refractivity contribution is 5.75. The predicted octanol–water partition coefficient (Wildman–Crippen LogP) is 1.75. The van der Waals surface area contributed by atoms with Gasteiger partial charge in [0.15, 0.2) is 11.6 Å². The molecule has 0 spiro atoms. The van der Waals surface area contributed by atoms with Gasteiger partial charge in [0.05, 0.1) is 0 Å². The number of urea groups is 1. The van der Waals surface area contributed by atoms with E-state index in [1.807, 2.05) is 9.80 Å². The molecule has 6 nitrogen and oxygen atoms in total. The highest BCUT2D eigenvalue weighted by atomic mass is 19.1. The van der Waals surface area contributed by atoms with Crippen molar-refractivity contribution in [2.75, 3.05) is 31.1 Å². The highest BCUT2D eigenvalue weighted by Gasteiger charge is 2.34. The van der Waals surface area contributed by atoms with Gasteiger partial charge in [0.25, 0.3) is 0 Å². The molecule has 132 valence electrons. The van der Waals surface area contributed by atoms with Crippen molar-refractivity contribution in [3.8, 4) is 0 Å². The molecule has 1 aromatic rings. The zero-order valence-electron chi connectivity index (χ0n) is 13.8. The second kappa shape index (κ2) is 7.79. The van der Waals surface area contributed by atoms with Gasteiger partial charge >= 0.3 is 6.03 Å². The number of aliphatic hydroxyl groups excluding tert-OH is 1. The monoisotopic (exact) mass is 336 g/mol. The van der Waals surface area contributed by atoms with E-state index < -0.39 is 0 Å². The van der Waals surface area contributed by atoms with Crippen LogP contribution < -0.4 is 10.2 Å².